The minimum absolute atomic E-state index is 0.0536. The van der Waals surface area contributed by atoms with Gasteiger partial charge in [0, 0.05) is 29.3 Å². The number of carbonyl (C=O) groups is 1. The predicted octanol–water partition coefficient (Wildman–Crippen LogP) is 4.44. The average molecular weight is 549 g/mol. The fourth-order valence-corrected chi connectivity index (χ4v) is 4.26. The molecule has 3 aromatic carbocycles. The summed E-state index contributed by atoms with van der Waals surface area (Å²) in [6.45, 7) is 1.23. The highest BCUT2D eigenvalue weighted by Crippen LogP contribution is 2.38. The van der Waals surface area contributed by atoms with E-state index in [-0.39, 0.29) is 33.5 Å². The number of sulfonamides is 1. The van der Waals surface area contributed by atoms with Crippen molar-refractivity contribution in [3.8, 4) is 17.2 Å². The molecule has 0 aliphatic heterocycles. The number of hydrogen-bond acceptors (Lipinski definition) is 10. The van der Waals surface area contributed by atoms with E-state index in [0.29, 0.717) is 10.6 Å². The van der Waals surface area contributed by atoms with Gasteiger partial charge in [0.15, 0.2) is 11.5 Å². The number of nitro benzene ring substituents is 1. The molecule has 0 fully saturated rings. The zero-order valence-electron chi connectivity index (χ0n) is 19.7. The van der Waals surface area contributed by atoms with Crippen LogP contribution in [0.1, 0.15) is 12.5 Å². The van der Waals surface area contributed by atoms with Gasteiger partial charge in [-0.15, -0.1) is 0 Å². The highest BCUT2D eigenvalue weighted by Gasteiger charge is 2.22. The van der Waals surface area contributed by atoms with Crippen molar-refractivity contribution in [2.45, 2.75) is 11.8 Å². The van der Waals surface area contributed by atoms with Crippen LogP contribution in [0.4, 0.5) is 17.1 Å². The number of methoxy groups -OCH3 is 2. The minimum Gasteiger partial charge on any atom is -0.493 e. The van der Waals surface area contributed by atoms with Gasteiger partial charge in [0.1, 0.15) is 5.69 Å². The Morgan fingerprint density at radius 3 is 2.22 bits per heavy atom. The normalized spacial score (nSPS) is 11.1. The molecule has 0 aliphatic carbocycles. The lowest BCUT2D eigenvalue weighted by molar-refractivity contribution is -0.384. The molecular weight excluding hydrogens is 528 g/mol. The van der Waals surface area contributed by atoms with Crippen molar-refractivity contribution in [3.05, 3.63) is 75.3 Å². The van der Waals surface area contributed by atoms with Gasteiger partial charge in [-0.3, -0.25) is 25.1 Å². The smallest absolute Gasteiger partial charge is 0.308 e. The Morgan fingerprint density at radius 2 is 1.68 bits per heavy atom. The van der Waals surface area contributed by atoms with Gasteiger partial charge in [-0.2, -0.15) is 5.10 Å². The number of nitro groups is 1. The first-order valence-corrected chi connectivity index (χ1v) is 12.2. The number of ether oxygens (including phenoxy) is 3. The summed E-state index contributed by atoms with van der Waals surface area (Å²) in [5.74, 6) is -0.0856. The van der Waals surface area contributed by atoms with Crippen LogP contribution in [0.5, 0.6) is 17.2 Å². The van der Waals surface area contributed by atoms with E-state index in [2.05, 4.69) is 15.2 Å². The molecule has 0 unspecified atom stereocenters. The number of hydrogen-bond donors (Lipinski definition) is 2. The van der Waals surface area contributed by atoms with Crippen LogP contribution >= 0.6 is 11.6 Å². The highest BCUT2D eigenvalue weighted by molar-refractivity contribution is 7.92. The molecule has 0 amide bonds. The van der Waals surface area contributed by atoms with Crippen molar-refractivity contribution in [3.63, 3.8) is 0 Å². The molecule has 0 atom stereocenters. The fraction of sp³-hybridized carbons (Fsp3) is 0.130. The number of halogens is 1. The summed E-state index contributed by atoms with van der Waals surface area (Å²) in [5.41, 5.74) is 2.65. The van der Waals surface area contributed by atoms with Crippen LogP contribution in [0.25, 0.3) is 0 Å². The summed E-state index contributed by atoms with van der Waals surface area (Å²) in [6, 6.07) is 12.3. The molecule has 0 spiro atoms. The quantitative estimate of drug-likeness (QED) is 0.123. The van der Waals surface area contributed by atoms with E-state index in [9.17, 15) is 23.3 Å². The van der Waals surface area contributed by atoms with E-state index in [1.54, 1.807) is 0 Å². The number of rotatable bonds is 10. The Morgan fingerprint density at radius 1 is 1.05 bits per heavy atom. The van der Waals surface area contributed by atoms with Crippen LogP contribution in [0.15, 0.2) is 64.6 Å². The Bertz CT molecular complexity index is 1440. The Balaban J connectivity index is 1.85. The molecule has 0 saturated heterocycles. The second kappa shape index (κ2) is 11.6. The molecule has 0 bridgehead atoms. The van der Waals surface area contributed by atoms with E-state index in [1.807, 2.05) is 0 Å². The van der Waals surface area contributed by atoms with Crippen LogP contribution in [0.2, 0.25) is 5.02 Å². The van der Waals surface area contributed by atoms with E-state index in [0.717, 1.165) is 6.07 Å². The van der Waals surface area contributed by atoms with Gasteiger partial charge in [0.2, 0.25) is 5.75 Å². The van der Waals surface area contributed by atoms with E-state index in [4.69, 9.17) is 25.8 Å². The van der Waals surface area contributed by atoms with E-state index >= 15 is 0 Å². The molecule has 3 aromatic rings. The van der Waals surface area contributed by atoms with Crippen molar-refractivity contribution in [1.29, 1.82) is 0 Å². The standard InChI is InChI=1S/C23H21ClN4O8S/c1-14(29)36-23-21(34-2)10-15(11-22(23)35-3)13-25-26-19-9-8-18(12-20(19)28(30)31)37(32,33)27-17-6-4-16(24)5-7-17/h4-13,26-27H,1-3H3/b25-13+. The first-order valence-electron chi connectivity index (χ1n) is 10.3. The van der Waals surface area contributed by atoms with Crippen molar-refractivity contribution in [2.24, 2.45) is 5.10 Å². The average Bonchev–Trinajstić information content (AvgIpc) is 2.85. The van der Waals surface area contributed by atoms with Gasteiger partial charge < -0.3 is 14.2 Å². The summed E-state index contributed by atoms with van der Waals surface area (Å²) in [4.78, 5) is 21.9. The fourth-order valence-electron chi connectivity index (χ4n) is 3.05. The first kappa shape index (κ1) is 27.2. The molecule has 0 aromatic heterocycles. The highest BCUT2D eigenvalue weighted by atomic mass is 35.5. The summed E-state index contributed by atoms with van der Waals surface area (Å²) in [7, 11) is -1.36. The largest absolute Gasteiger partial charge is 0.493 e. The molecule has 0 heterocycles. The number of nitrogens with zero attached hydrogens (tertiary/aromatic N) is 2. The lowest BCUT2D eigenvalue weighted by atomic mass is 10.2. The second-order valence-corrected chi connectivity index (χ2v) is 9.39. The topological polar surface area (TPSA) is 158 Å². The van der Waals surface area contributed by atoms with Crippen LogP contribution in [-0.4, -0.2) is 39.7 Å². The molecule has 14 heteroatoms. The molecular formula is C23H21ClN4O8S. The number of nitrogens with one attached hydrogen (secondary N) is 2. The van der Waals surface area contributed by atoms with Crippen molar-refractivity contribution >= 4 is 50.9 Å². The number of anilines is 2. The molecule has 2 N–H and O–H groups in total. The maximum Gasteiger partial charge on any atom is 0.308 e. The van der Waals surface area contributed by atoms with Crippen LogP contribution < -0.4 is 24.4 Å². The van der Waals surface area contributed by atoms with Crippen molar-refractivity contribution in [2.75, 3.05) is 24.4 Å². The molecule has 0 radical (unpaired) electrons. The Hall–Kier alpha value is -4.36. The van der Waals surface area contributed by atoms with Gasteiger partial charge in [-0.1, -0.05) is 11.6 Å². The van der Waals surface area contributed by atoms with Crippen LogP contribution in [0, 0.1) is 10.1 Å². The maximum absolute atomic E-state index is 12.7. The third-order valence-corrected chi connectivity index (χ3v) is 6.33. The summed E-state index contributed by atoms with van der Waals surface area (Å²) >= 11 is 5.81. The Kier molecular flexibility index (Phi) is 8.52. The molecule has 12 nitrogen and oxygen atoms in total. The number of carbonyl (C=O) groups excluding carboxylic acids is 1. The zero-order chi connectivity index (χ0) is 27.2. The zero-order valence-corrected chi connectivity index (χ0v) is 21.3. The number of esters is 1. The molecule has 0 aliphatic rings. The van der Waals surface area contributed by atoms with Crippen LogP contribution in [-0.2, 0) is 14.8 Å². The van der Waals surface area contributed by atoms with Gasteiger partial charge in [-0.05, 0) is 48.5 Å². The minimum atomic E-state index is -4.12. The van der Waals surface area contributed by atoms with Crippen LogP contribution in [0.3, 0.4) is 0 Å². The van der Waals surface area contributed by atoms with E-state index < -0.39 is 26.6 Å². The SMILES string of the molecule is COc1cc(/C=N/Nc2ccc(S(=O)(=O)Nc3ccc(Cl)cc3)cc2[N+](=O)[O-])cc(OC)c1OC(C)=O. The third-order valence-electron chi connectivity index (χ3n) is 4.70. The first-order chi connectivity index (χ1) is 17.5. The molecule has 37 heavy (non-hydrogen) atoms. The predicted molar refractivity (Wildman–Crippen MR) is 137 cm³/mol. The molecule has 0 saturated carbocycles. The van der Waals surface area contributed by atoms with Gasteiger partial charge in [0.25, 0.3) is 15.7 Å². The summed E-state index contributed by atoms with van der Waals surface area (Å²) in [6.07, 6.45) is 1.32. The number of hydrazone groups is 1. The van der Waals surface area contributed by atoms with Gasteiger partial charge in [-0.25, -0.2) is 8.42 Å². The number of benzene rings is 3. The van der Waals surface area contributed by atoms with Crippen molar-refractivity contribution < 1.29 is 32.3 Å². The molecule has 194 valence electrons. The monoisotopic (exact) mass is 548 g/mol. The molecule has 3 rings (SSSR count). The van der Waals surface area contributed by atoms with E-state index in [1.165, 1.54) is 75.9 Å². The lowest BCUT2D eigenvalue weighted by Gasteiger charge is -2.13. The maximum atomic E-state index is 12.7. The third kappa shape index (κ3) is 6.86. The lowest BCUT2D eigenvalue weighted by Crippen LogP contribution is -2.13. The van der Waals surface area contributed by atoms with Crippen molar-refractivity contribution in [1.82, 2.24) is 0 Å². The van der Waals surface area contributed by atoms with Gasteiger partial charge >= 0.3 is 5.97 Å². The summed E-state index contributed by atoms with van der Waals surface area (Å²) < 4.78 is 43.4. The Labute approximate surface area is 217 Å². The van der Waals surface area contributed by atoms with Gasteiger partial charge in [0.05, 0.1) is 30.3 Å². The summed E-state index contributed by atoms with van der Waals surface area (Å²) in [5, 5.41) is 16.0. The second-order valence-electron chi connectivity index (χ2n) is 7.27.